The van der Waals surface area contributed by atoms with Crippen molar-refractivity contribution in [2.24, 2.45) is 0 Å². The largest absolute Gasteiger partial charge is 0.372 e. The highest BCUT2D eigenvalue weighted by Crippen LogP contribution is 2.49. The molecule has 0 unspecified atom stereocenters. The third-order valence-corrected chi connectivity index (χ3v) is 10.6. The molecule has 2 aromatic carbocycles. The summed E-state index contributed by atoms with van der Waals surface area (Å²) >= 11 is 14.5. The van der Waals surface area contributed by atoms with E-state index >= 15 is 0 Å². The van der Waals surface area contributed by atoms with Crippen molar-refractivity contribution in [3.63, 3.8) is 0 Å². The summed E-state index contributed by atoms with van der Waals surface area (Å²) in [6.07, 6.45) is 13.5. The van der Waals surface area contributed by atoms with Crippen molar-refractivity contribution in [2.75, 3.05) is 31.2 Å². The molecular weight excluding hydrogens is 684 g/mol. The van der Waals surface area contributed by atoms with Gasteiger partial charge in [0.05, 0.1) is 23.7 Å². The van der Waals surface area contributed by atoms with Crippen LogP contribution in [0.4, 0.5) is 11.4 Å². The normalized spacial score (nSPS) is 21.1. The molecule has 228 valence electrons. The molecule has 0 spiro atoms. The van der Waals surface area contributed by atoms with Crippen LogP contribution in [0.15, 0.2) is 91.5 Å². The summed E-state index contributed by atoms with van der Waals surface area (Å²) in [5, 5.41) is 0.798. The van der Waals surface area contributed by atoms with E-state index in [1.54, 1.807) is 0 Å². The fourth-order valence-corrected chi connectivity index (χ4v) is 7.57. The Kier molecular flexibility index (Phi) is 9.97. The first-order valence-corrected chi connectivity index (χ1v) is 17.6. The molecule has 3 heterocycles. The Morgan fingerprint density at radius 2 is 1.58 bits per heavy atom. The van der Waals surface area contributed by atoms with Gasteiger partial charge in [0.2, 0.25) is 5.69 Å². The molecule has 6 heteroatoms. The molecule has 0 saturated carbocycles. The Hall–Kier alpha value is -1.92. The van der Waals surface area contributed by atoms with Crippen LogP contribution in [-0.2, 0) is 15.6 Å². The lowest BCUT2D eigenvalue weighted by atomic mass is 9.81. The number of hydrogen-bond donors (Lipinski definition) is 0. The summed E-state index contributed by atoms with van der Waals surface area (Å²) in [5.74, 6) is 0. The molecule has 43 heavy (non-hydrogen) atoms. The fraction of sp³-hybridized carbons (Fsp3) is 0.432. The number of rotatable bonds is 9. The maximum atomic E-state index is 7.12. The first kappa shape index (κ1) is 32.5. The van der Waals surface area contributed by atoms with Gasteiger partial charge < -0.3 is 9.64 Å². The molecule has 0 aromatic heterocycles. The van der Waals surface area contributed by atoms with E-state index in [0.717, 1.165) is 63.9 Å². The highest BCUT2D eigenvalue weighted by molar-refractivity contribution is 9.10. The number of anilines is 1. The maximum absolute atomic E-state index is 7.12. The third-order valence-electron chi connectivity index (χ3n) is 9.14. The summed E-state index contributed by atoms with van der Waals surface area (Å²) in [4.78, 5) is 2.49. The average Bonchev–Trinajstić information content (AvgIpc) is 3.31. The van der Waals surface area contributed by atoms with E-state index in [4.69, 9.17) is 16.3 Å². The van der Waals surface area contributed by atoms with Gasteiger partial charge in [-0.25, -0.2) is 0 Å². The first-order chi connectivity index (χ1) is 20.5. The number of allylic oxidation sites excluding steroid dienone is 4. The van der Waals surface area contributed by atoms with Gasteiger partial charge >= 0.3 is 0 Å². The number of fused-ring (bicyclic) bond motifs is 2. The van der Waals surface area contributed by atoms with Crippen LogP contribution in [0.1, 0.15) is 78.4 Å². The van der Waals surface area contributed by atoms with Gasteiger partial charge in [-0.1, -0.05) is 90.1 Å². The second-order valence-electron chi connectivity index (χ2n) is 12.9. The van der Waals surface area contributed by atoms with Crippen LogP contribution in [0.25, 0.3) is 0 Å². The van der Waals surface area contributed by atoms with Gasteiger partial charge in [0.25, 0.3) is 0 Å². The SMILES string of the molecule is CCCCN1/C(=C/C=C2\COCC(/C=C/C3=[N+](CCCC)c4ccc(Br)cc4C3(C)C)=C2Cl)C(C)(C)c2cc(Br)ccc21. The van der Waals surface area contributed by atoms with Gasteiger partial charge in [0.15, 0.2) is 5.71 Å². The van der Waals surface area contributed by atoms with E-state index in [9.17, 15) is 0 Å². The molecule has 0 saturated heterocycles. The number of benzene rings is 2. The second kappa shape index (κ2) is 13.2. The van der Waals surface area contributed by atoms with Crippen LogP contribution >= 0.6 is 43.5 Å². The Labute approximate surface area is 280 Å². The lowest BCUT2D eigenvalue weighted by Gasteiger charge is -2.27. The highest BCUT2D eigenvalue weighted by Gasteiger charge is 2.44. The minimum absolute atomic E-state index is 0.116. The summed E-state index contributed by atoms with van der Waals surface area (Å²) < 4.78 is 10.8. The van der Waals surface area contributed by atoms with E-state index in [1.165, 1.54) is 33.9 Å². The van der Waals surface area contributed by atoms with E-state index in [0.29, 0.717) is 13.2 Å². The topological polar surface area (TPSA) is 15.5 Å². The smallest absolute Gasteiger partial charge is 0.209 e. The highest BCUT2D eigenvalue weighted by atomic mass is 79.9. The van der Waals surface area contributed by atoms with Crippen LogP contribution in [0.3, 0.4) is 0 Å². The standard InChI is InChI=1S/C37H44Br2ClN2O/c1-7-9-19-41-31-15-13-27(38)21-29(31)36(3,4)33(41)17-11-25-23-43-24-26(35(25)40)12-18-34-37(5,6)30-22-28(39)14-16-32(30)42(34)20-10-8-2/h11-18,21-22H,7-10,19-20,23-24H2,1-6H3/q+1. The lowest BCUT2D eigenvalue weighted by molar-refractivity contribution is -0.438. The fourth-order valence-electron chi connectivity index (χ4n) is 6.62. The molecule has 0 aliphatic carbocycles. The molecule has 0 bridgehead atoms. The molecule has 2 aromatic rings. The zero-order chi connectivity index (χ0) is 30.9. The first-order valence-electron chi connectivity index (χ1n) is 15.6. The van der Waals surface area contributed by atoms with Gasteiger partial charge in [-0.05, 0) is 79.5 Å². The molecule has 0 atom stereocenters. The summed E-state index contributed by atoms with van der Waals surface area (Å²) in [6.45, 7) is 16.8. The molecular formula is C37H44Br2ClN2O+. The van der Waals surface area contributed by atoms with Crippen LogP contribution in [0.5, 0.6) is 0 Å². The quantitative estimate of drug-likeness (QED) is 0.239. The van der Waals surface area contributed by atoms with Crippen LogP contribution < -0.4 is 4.90 Å². The van der Waals surface area contributed by atoms with E-state index in [-0.39, 0.29) is 10.8 Å². The summed E-state index contributed by atoms with van der Waals surface area (Å²) in [6, 6.07) is 13.3. The number of hydrogen-bond acceptors (Lipinski definition) is 2. The second-order valence-corrected chi connectivity index (χ2v) is 15.1. The van der Waals surface area contributed by atoms with Gasteiger partial charge in [-0.15, -0.1) is 0 Å². The van der Waals surface area contributed by atoms with Gasteiger partial charge in [0, 0.05) is 56.4 Å². The number of ether oxygens (including phenoxy) is 1. The Bertz CT molecular complexity index is 1560. The molecule has 0 amide bonds. The lowest BCUT2D eigenvalue weighted by Crippen LogP contribution is -2.28. The summed E-state index contributed by atoms with van der Waals surface area (Å²) in [5.41, 5.74) is 9.71. The zero-order valence-electron chi connectivity index (χ0n) is 26.4. The number of nitrogens with zero attached hydrogens (tertiary/aromatic N) is 2. The Morgan fingerprint density at radius 1 is 0.884 bits per heavy atom. The predicted octanol–water partition coefficient (Wildman–Crippen LogP) is 10.9. The summed E-state index contributed by atoms with van der Waals surface area (Å²) in [7, 11) is 0. The van der Waals surface area contributed by atoms with Crippen molar-refractivity contribution < 1.29 is 9.31 Å². The van der Waals surface area contributed by atoms with E-state index < -0.39 is 0 Å². The van der Waals surface area contributed by atoms with Gasteiger partial charge in [-0.3, -0.25) is 0 Å². The van der Waals surface area contributed by atoms with Crippen LogP contribution in [0.2, 0.25) is 0 Å². The Balaban J connectivity index is 1.50. The molecule has 3 aliphatic rings. The van der Waals surface area contributed by atoms with Crippen molar-refractivity contribution in [3.05, 3.63) is 103 Å². The van der Waals surface area contributed by atoms with Crippen molar-refractivity contribution in [1.82, 2.24) is 0 Å². The predicted molar refractivity (Wildman–Crippen MR) is 190 cm³/mol. The minimum Gasteiger partial charge on any atom is -0.372 e. The minimum atomic E-state index is -0.116. The van der Waals surface area contributed by atoms with Crippen LogP contribution in [-0.4, -0.2) is 36.6 Å². The third kappa shape index (κ3) is 6.30. The van der Waals surface area contributed by atoms with Crippen molar-refractivity contribution in [3.8, 4) is 0 Å². The van der Waals surface area contributed by atoms with Crippen molar-refractivity contribution >= 4 is 60.5 Å². The van der Waals surface area contributed by atoms with Crippen LogP contribution in [0, 0.1) is 0 Å². The molecule has 5 rings (SSSR count). The van der Waals surface area contributed by atoms with E-state index in [1.807, 2.05) is 0 Å². The number of unbranched alkanes of at least 4 members (excludes halogenated alkanes) is 2. The molecule has 0 radical (unpaired) electrons. The van der Waals surface area contributed by atoms with Crippen molar-refractivity contribution in [2.45, 2.75) is 78.1 Å². The van der Waals surface area contributed by atoms with Gasteiger partial charge in [0.1, 0.15) is 6.54 Å². The monoisotopic (exact) mass is 725 g/mol. The molecule has 3 nitrogen and oxygen atoms in total. The zero-order valence-corrected chi connectivity index (χ0v) is 30.3. The van der Waals surface area contributed by atoms with Crippen molar-refractivity contribution in [1.29, 1.82) is 0 Å². The van der Waals surface area contributed by atoms with Gasteiger partial charge in [-0.2, -0.15) is 4.58 Å². The maximum Gasteiger partial charge on any atom is 0.209 e. The molecule has 3 aliphatic heterocycles. The molecule has 0 fully saturated rings. The number of halogens is 3. The average molecular weight is 728 g/mol. The molecule has 0 N–H and O–H groups in total. The van der Waals surface area contributed by atoms with E-state index in [2.05, 4.69) is 144 Å². The Morgan fingerprint density at radius 3 is 2.30 bits per heavy atom.